The summed E-state index contributed by atoms with van der Waals surface area (Å²) >= 11 is 0. The zero-order valence-electron chi connectivity index (χ0n) is 15.7. The summed E-state index contributed by atoms with van der Waals surface area (Å²) in [6.07, 6.45) is 2.10. The standard InChI is InChI=1S/C23H18N4O2/c1-15-9-11-16(12-10-15)20-14-22(17-5-4-6-18(13-17)27(28)29)26-21-8-3-2-7-19(21)24-23(26)25-20/h2-14,22H,1H3,(H,24,25). The Labute approximate surface area is 167 Å². The zero-order valence-corrected chi connectivity index (χ0v) is 15.7. The lowest BCUT2D eigenvalue weighted by atomic mass is 10.00. The van der Waals surface area contributed by atoms with Crippen molar-refractivity contribution in [1.29, 1.82) is 0 Å². The predicted octanol–water partition coefficient (Wildman–Crippen LogP) is 5.31. The van der Waals surface area contributed by atoms with Crippen molar-refractivity contribution in [3.05, 3.63) is 106 Å². The molecule has 0 aliphatic carbocycles. The van der Waals surface area contributed by atoms with E-state index in [1.165, 1.54) is 11.6 Å². The Bertz CT molecular complexity index is 1270. The Hall–Kier alpha value is -3.93. The van der Waals surface area contributed by atoms with Crippen LogP contribution in [-0.2, 0) is 0 Å². The van der Waals surface area contributed by atoms with Gasteiger partial charge >= 0.3 is 0 Å². The number of aryl methyl sites for hydroxylation is 1. The fourth-order valence-electron chi connectivity index (χ4n) is 3.78. The van der Waals surface area contributed by atoms with Crippen LogP contribution >= 0.6 is 0 Å². The summed E-state index contributed by atoms with van der Waals surface area (Å²) in [6.45, 7) is 2.05. The first-order chi connectivity index (χ1) is 14.1. The Balaban J connectivity index is 1.72. The minimum Gasteiger partial charge on any atom is -0.325 e. The molecule has 1 atom stereocenters. The van der Waals surface area contributed by atoms with Crippen molar-refractivity contribution in [2.75, 3.05) is 5.32 Å². The van der Waals surface area contributed by atoms with E-state index in [0.717, 1.165) is 33.8 Å². The van der Waals surface area contributed by atoms with Gasteiger partial charge in [0.25, 0.3) is 5.69 Å². The van der Waals surface area contributed by atoms with E-state index in [2.05, 4.69) is 47.1 Å². The molecule has 0 saturated heterocycles. The first-order valence-electron chi connectivity index (χ1n) is 9.37. The number of nitrogens with zero attached hydrogens (tertiary/aromatic N) is 3. The van der Waals surface area contributed by atoms with Crippen LogP contribution < -0.4 is 5.32 Å². The number of allylic oxidation sites excluding steroid dienone is 1. The third kappa shape index (κ3) is 2.95. The molecule has 142 valence electrons. The Morgan fingerprint density at radius 1 is 1.03 bits per heavy atom. The maximum Gasteiger partial charge on any atom is 0.269 e. The second kappa shape index (κ2) is 6.60. The Morgan fingerprint density at radius 2 is 1.83 bits per heavy atom. The number of benzene rings is 3. The molecule has 0 amide bonds. The van der Waals surface area contributed by atoms with Gasteiger partial charge < -0.3 is 5.32 Å². The summed E-state index contributed by atoms with van der Waals surface area (Å²) in [6, 6.07) is 22.8. The predicted molar refractivity (Wildman–Crippen MR) is 114 cm³/mol. The number of nitro benzene ring substituents is 1. The highest BCUT2D eigenvalue weighted by Crippen LogP contribution is 2.37. The molecular weight excluding hydrogens is 364 g/mol. The first kappa shape index (κ1) is 17.2. The van der Waals surface area contributed by atoms with Gasteiger partial charge in [-0.1, -0.05) is 54.1 Å². The number of para-hydroxylation sites is 2. The van der Waals surface area contributed by atoms with Gasteiger partial charge in [0.05, 0.1) is 22.0 Å². The molecule has 6 heteroatoms. The molecule has 0 fully saturated rings. The van der Waals surface area contributed by atoms with E-state index in [-0.39, 0.29) is 16.7 Å². The number of hydrogen-bond acceptors (Lipinski definition) is 4. The van der Waals surface area contributed by atoms with Crippen LogP contribution in [0.2, 0.25) is 0 Å². The van der Waals surface area contributed by atoms with Crippen LogP contribution in [-0.4, -0.2) is 14.5 Å². The molecule has 0 spiro atoms. The van der Waals surface area contributed by atoms with Crippen molar-refractivity contribution in [2.24, 2.45) is 0 Å². The lowest BCUT2D eigenvalue weighted by Crippen LogP contribution is -2.19. The molecule has 0 radical (unpaired) electrons. The highest BCUT2D eigenvalue weighted by molar-refractivity contribution is 5.85. The Kier molecular flexibility index (Phi) is 3.91. The molecule has 1 N–H and O–H groups in total. The van der Waals surface area contributed by atoms with E-state index in [1.807, 2.05) is 30.3 Å². The molecule has 1 aliphatic heterocycles. The lowest BCUT2D eigenvalue weighted by molar-refractivity contribution is -0.384. The molecule has 6 nitrogen and oxygen atoms in total. The molecule has 5 rings (SSSR count). The molecule has 1 aromatic heterocycles. The number of anilines is 1. The number of nitro groups is 1. The van der Waals surface area contributed by atoms with Gasteiger partial charge in [0.15, 0.2) is 0 Å². The minimum atomic E-state index is -0.359. The third-order valence-electron chi connectivity index (χ3n) is 5.23. The maximum absolute atomic E-state index is 11.3. The fraction of sp³-hybridized carbons (Fsp3) is 0.0870. The van der Waals surface area contributed by atoms with Crippen LogP contribution in [0.25, 0.3) is 16.7 Å². The molecule has 0 saturated carbocycles. The first-order valence-corrected chi connectivity index (χ1v) is 9.37. The van der Waals surface area contributed by atoms with Gasteiger partial charge in [-0.05, 0) is 36.3 Å². The van der Waals surface area contributed by atoms with Gasteiger partial charge in [0.2, 0.25) is 5.95 Å². The molecule has 1 aliphatic rings. The number of imidazole rings is 1. The SMILES string of the molecule is Cc1ccc(C2=CC(c3cccc([N+](=O)[O-])c3)n3c(nc4ccccc43)N2)cc1. The van der Waals surface area contributed by atoms with Crippen molar-refractivity contribution in [2.45, 2.75) is 13.0 Å². The summed E-state index contributed by atoms with van der Waals surface area (Å²) in [5.74, 6) is 0.723. The van der Waals surface area contributed by atoms with Crippen molar-refractivity contribution >= 4 is 28.4 Å². The number of rotatable bonds is 3. The van der Waals surface area contributed by atoms with Crippen LogP contribution in [0.1, 0.15) is 22.7 Å². The topological polar surface area (TPSA) is 73.0 Å². The number of fused-ring (bicyclic) bond motifs is 3. The zero-order chi connectivity index (χ0) is 20.0. The summed E-state index contributed by atoms with van der Waals surface area (Å²) < 4.78 is 2.09. The van der Waals surface area contributed by atoms with E-state index in [4.69, 9.17) is 4.98 Å². The summed E-state index contributed by atoms with van der Waals surface area (Å²) in [5.41, 5.74) is 5.95. The van der Waals surface area contributed by atoms with Crippen LogP contribution in [0.4, 0.5) is 11.6 Å². The molecule has 0 bridgehead atoms. The highest BCUT2D eigenvalue weighted by Gasteiger charge is 2.26. The van der Waals surface area contributed by atoms with Gasteiger partial charge in [-0.2, -0.15) is 0 Å². The van der Waals surface area contributed by atoms with E-state index in [0.29, 0.717) is 0 Å². The highest BCUT2D eigenvalue weighted by atomic mass is 16.6. The van der Waals surface area contributed by atoms with Crippen molar-refractivity contribution in [3.63, 3.8) is 0 Å². The minimum absolute atomic E-state index is 0.0808. The van der Waals surface area contributed by atoms with Gasteiger partial charge in [0.1, 0.15) is 0 Å². The van der Waals surface area contributed by atoms with E-state index in [1.54, 1.807) is 12.1 Å². The lowest BCUT2D eigenvalue weighted by Gasteiger charge is -2.26. The van der Waals surface area contributed by atoms with Crippen molar-refractivity contribution in [3.8, 4) is 0 Å². The van der Waals surface area contributed by atoms with Gasteiger partial charge in [0, 0.05) is 17.8 Å². The fourth-order valence-corrected chi connectivity index (χ4v) is 3.78. The van der Waals surface area contributed by atoms with Gasteiger partial charge in [-0.25, -0.2) is 4.98 Å². The van der Waals surface area contributed by atoms with Crippen LogP contribution in [0.15, 0.2) is 78.9 Å². The smallest absolute Gasteiger partial charge is 0.269 e. The summed E-state index contributed by atoms with van der Waals surface area (Å²) in [7, 11) is 0. The normalized spacial score (nSPS) is 15.5. The van der Waals surface area contributed by atoms with Gasteiger partial charge in [-0.3, -0.25) is 14.7 Å². The Morgan fingerprint density at radius 3 is 2.62 bits per heavy atom. The average molecular weight is 382 g/mol. The van der Waals surface area contributed by atoms with Gasteiger partial charge in [-0.15, -0.1) is 0 Å². The number of non-ortho nitro benzene ring substituents is 1. The van der Waals surface area contributed by atoms with Crippen LogP contribution in [0, 0.1) is 17.0 Å². The molecular formula is C23H18N4O2. The number of aromatic nitrogens is 2. The molecule has 29 heavy (non-hydrogen) atoms. The number of hydrogen-bond donors (Lipinski definition) is 1. The van der Waals surface area contributed by atoms with Crippen molar-refractivity contribution in [1.82, 2.24) is 9.55 Å². The van der Waals surface area contributed by atoms with Crippen LogP contribution in [0.5, 0.6) is 0 Å². The number of nitrogens with one attached hydrogen (secondary N) is 1. The third-order valence-corrected chi connectivity index (χ3v) is 5.23. The summed E-state index contributed by atoms with van der Waals surface area (Å²) in [5, 5.41) is 14.8. The summed E-state index contributed by atoms with van der Waals surface area (Å²) in [4.78, 5) is 15.7. The second-order valence-corrected chi connectivity index (χ2v) is 7.16. The van der Waals surface area contributed by atoms with E-state index < -0.39 is 0 Å². The largest absolute Gasteiger partial charge is 0.325 e. The molecule has 1 unspecified atom stereocenters. The average Bonchev–Trinajstić information content (AvgIpc) is 3.12. The molecule has 4 aromatic rings. The quantitative estimate of drug-likeness (QED) is 0.385. The molecule has 2 heterocycles. The monoisotopic (exact) mass is 382 g/mol. The van der Waals surface area contributed by atoms with E-state index >= 15 is 0 Å². The second-order valence-electron chi connectivity index (χ2n) is 7.16. The van der Waals surface area contributed by atoms with Crippen molar-refractivity contribution < 1.29 is 4.92 Å². The molecule has 3 aromatic carbocycles. The van der Waals surface area contributed by atoms with E-state index in [9.17, 15) is 10.1 Å². The van der Waals surface area contributed by atoms with Crippen LogP contribution in [0.3, 0.4) is 0 Å². The maximum atomic E-state index is 11.3.